The molecule has 2 unspecified atom stereocenters. The number of piperidine rings is 1. The van der Waals surface area contributed by atoms with Gasteiger partial charge in [0.15, 0.2) is 0 Å². The van der Waals surface area contributed by atoms with Crippen molar-refractivity contribution in [3.63, 3.8) is 0 Å². The van der Waals surface area contributed by atoms with Gasteiger partial charge in [0.05, 0.1) is 22.8 Å². The topological polar surface area (TPSA) is 81.6 Å². The number of ether oxygens (including phenoxy) is 1. The lowest BCUT2D eigenvalue weighted by Gasteiger charge is -2.37. The van der Waals surface area contributed by atoms with Gasteiger partial charge in [-0.3, -0.25) is 0 Å². The number of nitrogens with zero attached hydrogens (tertiary/aromatic N) is 2. The molecule has 1 aromatic heterocycles. The van der Waals surface area contributed by atoms with E-state index in [2.05, 4.69) is 5.16 Å². The molecule has 1 aromatic carbocycles. The standard InChI is InChI=1S/C21H23Cl2N3O3/c22-16-2-1-3-17(23)18(16)19-15(20(29-25-19)11-4-5-11)10-28-14-8-12-6-7-13(9-14)26(12)21(24)27/h1-3,11-14H,4-10H2,(H2,24,27). The number of urea groups is 1. The van der Waals surface area contributed by atoms with E-state index in [1.54, 1.807) is 12.1 Å². The molecule has 5 rings (SSSR count). The van der Waals surface area contributed by atoms with Gasteiger partial charge in [0.25, 0.3) is 0 Å². The summed E-state index contributed by atoms with van der Waals surface area (Å²) in [6.07, 6.45) is 5.89. The number of carbonyl (C=O) groups is 1. The van der Waals surface area contributed by atoms with Gasteiger partial charge in [-0.1, -0.05) is 34.4 Å². The van der Waals surface area contributed by atoms with Crippen LogP contribution in [0.5, 0.6) is 0 Å². The second-order valence-corrected chi connectivity index (χ2v) is 9.09. The Bertz CT molecular complexity index is 909. The van der Waals surface area contributed by atoms with Crippen molar-refractivity contribution in [2.24, 2.45) is 5.73 Å². The van der Waals surface area contributed by atoms with E-state index in [4.69, 9.17) is 38.2 Å². The molecule has 6 nitrogen and oxygen atoms in total. The third-order valence-electron chi connectivity index (χ3n) is 6.37. The summed E-state index contributed by atoms with van der Waals surface area (Å²) in [5.41, 5.74) is 7.85. The van der Waals surface area contributed by atoms with Crippen molar-refractivity contribution in [1.29, 1.82) is 0 Å². The number of hydrogen-bond acceptors (Lipinski definition) is 4. The highest BCUT2D eigenvalue weighted by Crippen LogP contribution is 2.46. The van der Waals surface area contributed by atoms with E-state index in [-0.39, 0.29) is 24.2 Å². The summed E-state index contributed by atoms with van der Waals surface area (Å²) in [7, 11) is 0. The van der Waals surface area contributed by atoms with Crippen LogP contribution in [0.3, 0.4) is 0 Å². The minimum absolute atomic E-state index is 0.0830. The highest BCUT2D eigenvalue weighted by molar-refractivity contribution is 6.39. The number of rotatable bonds is 5. The van der Waals surface area contributed by atoms with Crippen molar-refractivity contribution in [2.75, 3.05) is 0 Å². The fourth-order valence-electron chi connectivity index (χ4n) is 4.87. The molecule has 1 aliphatic carbocycles. The molecule has 2 bridgehead atoms. The maximum absolute atomic E-state index is 11.7. The summed E-state index contributed by atoms with van der Waals surface area (Å²) in [6, 6.07) is 5.46. The lowest BCUT2D eigenvalue weighted by Crippen LogP contribution is -2.50. The van der Waals surface area contributed by atoms with Crippen LogP contribution in [0, 0.1) is 0 Å². The van der Waals surface area contributed by atoms with Crippen LogP contribution >= 0.6 is 23.2 Å². The Labute approximate surface area is 179 Å². The Balaban J connectivity index is 1.38. The molecule has 2 aliphatic heterocycles. The van der Waals surface area contributed by atoms with Crippen LogP contribution in [0.15, 0.2) is 22.7 Å². The molecule has 154 valence electrons. The Morgan fingerprint density at radius 1 is 1.17 bits per heavy atom. The first-order valence-corrected chi connectivity index (χ1v) is 10.9. The molecular formula is C21H23Cl2N3O3. The Kier molecular flexibility index (Phi) is 4.96. The Morgan fingerprint density at radius 3 is 2.41 bits per heavy atom. The molecule has 2 aromatic rings. The van der Waals surface area contributed by atoms with E-state index >= 15 is 0 Å². The van der Waals surface area contributed by atoms with Gasteiger partial charge in [-0.2, -0.15) is 0 Å². The lowest BCUT2D eigenvalue weighted by atomic mass is 9.99. The van der Waals surface area contributed by atoms with Crippen molar-refractivity contribution >= 4 is 29.2 Å². The normalized spacial score (nSPS) is 26.1. The number of halogens is 2. The van der Waals surface area contributed by atoms with Gasteiger partial charge >= 0.3 is 6.03 Å². The zero-order valence-corrected chi connectivity index (χ0v) is 17.5. The fourth-order valence-corrected chi connectivity index (χ4v) is 5.45. The number of benzene rings is 1. The molecule has 3 fully saturated rings. The predicted octanol–water partition coefficient (Wildman–Crippen LogP) is 5.12. The first-order valence-electron chi connectivity index (χ1n) is 10.1. The second kappa shape index (κ2) is 7.49. The molecule has 29 heavy (non-hydrogen) atoms. The highest BCUT2D eigenvalue weighted by atomic mass is 35.5. The van der Waals surface area contributed by atoms with Gasteiger partial charge in [0.2, 0.25) is 0 Å². The predicted molar refractivity (Wildman–Crippen MR) is 110 cm³/mol. The highest BCUT2D eigenvalue weighted by Gasteiger charge is 2.43. The van der Waals surface area contributed by atoms with Crippen LogP contribution in [0.1, 0.15) is 55.8 Å². The second-order valence-electron chi connectivity index (χ2n) is 8.28. The monoisotopic (exact) mass is 435 g/mol. The number of hydrogen-bond donors (Lipinski definition) is 1. The van der Waals surface area contributed by atoms with Crippen molar-refractivity contribution in [2.45, 2.75) is 69.2 Å². The summed E-state index contributed by atoms with van der Waals surface area (Å²) in [5, 5.41) is 5.40. The van der Waals surface area contributed by atoms with E-state index in [1.807, 2.05) is 11.0 Å². The molecule has 0 radical (unpaired) electrons. The van der Waals surface area contributed by atoms with Crippen LogP contribution in [0.4, 0.5) is 4.79 Å². The van der Waals surface area contributed by atoms with E-state index in [1.165, 1.54) is 0 Å². The maximum Gasteiger partial charge on any atom is 0.315 e. The molecule has 3 heterocycles. The third kappa shape index (κ3) is 3.51. The number of fused-ring (bicyclic) bond motifs is 2. The van der Waals surface area contributed by atoms with E-state index in [9.17, 15) is 4.79 Å². The van der Waals surface area contributed by atoms with E-state index in [0.717, 1.165) is 49.8 Å². The SMILES string of the molecule is NC(=O)N1C2CCC1CC(OCc1c(-c3c(Cl)cccc3Cl)noc1C1CC1)C2. The molecule has 1 saturated carbocycles. The van der Waals surface area contributed by atoms with Crippen LogP contribution in [-0.2, 0) is 11.3 Å². The summed E-state index contributed by atoms with van der Waals surface area (Å²) in [6.45, 7) is 0.396. The Hall–Kier alpha value is -1.76. The number of carbonyl (C=O) groups excluding carboxylic acids is 1. The zero-order valence-electron chi connectivity index (χ0n) is 15.9. The van der Waals surface area contributed by atoms with Crippen LogP contribution in [0.2, 0.25) is 10.0 Å². The minimum Gasteiger partial charge on any atom is -0.373 e. The largest absolute Gasteiger partial charge is 0.373 e. The molecule has 2 N–H and O–H groups in total. The number of primary amides is 1. The smallest absolute Gasteiger partial charge is 0.315 e. The molecule has 2 saturated heterocycles. The van der Waals surface area contributed by atoms with Gasteiger partial charge in [0.1, 0.15) is 11.5 Å². The summed E-state index contributed by atoms with van der Waals surface area (Å²) in [5.74, 6) is 1.28. The zero-order chi connectivity index (χ0) is 20.1. The van der Waals surface area contributed by atoms with Crippen molar-refractivity contribution < 1.29 is 14.1 Å². The summed E-state index contributed by atoms with van der Waals surface area (Å²) in [4.78, 5) is 13.6. The van der Waals surface area contributed by atoms with E-state index in [0.29, 0.717) is 33.8 Å². The lowest BCUT2D eigenvalue weighted by molar-refractivity contribution is -0.0162. The van der Waals surface area contributed by atoms with Gasteiger partial charge < -0.3 is 19.9 Å². The van der Waals surface area contributed by atoms with Crippen LogP contribution in [0.25, 0.3) is 11.3 Å². The molecule has 8 heteroatoms. The average molecular weight is 436 g/mol. The van der Waals surface area contributed by atoms with Crippen LogP contribution in [-0.4, -0.2) is 34.3 Å². The van der Waals surface area contributed by atoms with Crippen molar-refractivity contribution in [1.82, 2.24) is 10.1 Å². The van der Waals surface area contributed by atoms with E-state index < -0.39 is 0 Å². The summed E-state index contributed by atoms with van der Waals surface area (Å²) >= 11 is 12.9. The minimum atomic E-state index is -0.318. The van der Waals surface area contributed by atoms with Gasteiger partial charge in [-0.25, -0.2) is 4.79 Å². The van der Waals surface area contributed by atoms with Gasteiger partial charge in [0, 0.05) is 29.1 Å². The number of aromatic nitrogens is 1. The molecular weight excluding hydrogens is 413 g/mol. The van der Waals surface area contributed by atoms with Crippen LogP contribution < -0.4 is 5.73 Å². The molecule has 2 atom stereocenters. The third-order valence-corrected chi connectivity index (χ3v) is 7.00. The number of nitrogens with two attached hydrogens (primary N) is 1. The fraction of sp³-hybridized carbons (Fsp3) is 0.524. The summed E-state index contributed by atoms with van der Waals surface area (Å²) < 4.78 is 12.0. The van der Waals surface area contributed by atoms with Gasteiger partial charge in [-0.05, 0) is 50.7 Å². The maximum atomic E-state index is 11.7. The first kappa shape index (κ1) is 19.2. The van der Waals surface area contributed by atoms with Crippen molar-refractivity contribution in [3.05, 3.63) is 39.6 Å². The number of amides is 2. The molecule has 0 spiro atoms. The first-order chi connectivity index (χ1) is 14.0. The van der Waals surface area contributed by atoms with Gasteiger partial charge in [-0.15, -0.1) is 0 Å². The molecule has 2 amide bonds. The quantitative estimate of drug-likeness (QED) is 0.706. The molecule has 3 aliphatic rings. The average Bonchev–Trinajstić information content (AvgIpc) is 3.38. The Morgan fingerprint density at radius 2 is 1.83 bits per heavy atom. The van der Waals surface area contributed by atoms with Crippen molar-refractivity contribution in [3.8, 4) is 11.3 Å².